The lowest BCUT2D eigenvalue weighted by atomic mass is 9.96. The zero-order valence-corrected chi connectivity index (χ0v) is 12.4. The van der Waals surface area contributed by atoms with Crippen molar-refractivity contribution in [3.63, 3.8) is 0 Å². The summed E-state index contributed by atoms with van der Waals surface area (Å²) in [5.41, 5.74) is 1.21. The fourth-order valence-corrected chi connectivity index (χ4v) is 3.02. The molecule has 0 heterocycles. The van der Waals surface area contributed by atoms with Crippen LogP contribution in [0.1, 0.15) is 31.2 Å². The van der Waals surface area contributed by atoms with E-state index >= 15 is 0 Å². The van der Waals surface area contributed by atoms with Gasteiger partial charge in [-0.3, -0.25) is 0 Å². The fourth-order valence-electron chi connectivity index (χ4n) is 2.90. The van der Waals surface area contributed by atoms with E-state index in [9.17, 15) is 4.39 Å². The molecule has 1 aliphatic rings. The van der Waals surface area contributed by atoms with Crippen LogP contribution in [0.4, 0.5) is 4.39 Å². The lowest BCUT2D eigenvalue weighted by Gasteiger charge is -2.36. The first-order chi connectivity index (χ1) is 9.03. The van der Waals surface area contributed by atoms with Crippen LogP contribution in [0.15, 0.2) is 18.2 Å². The first-order valence-electron chi connectivity index (χ1n) is 6.86. The Morgan fingerprint density at radius 1 is 1.32 bits per heavy atom. The van der Waals surface area contributed by atoms with E-state index in [1.807, 2.05) is 6.07 Å². The summed E-state index contributed by atoms with van der Waals surface area (Å²) in [6.45, 7) is 1.63. The van der Waals surface area contributed by atoms with Crippen molar-refractivity contribution in [2.45, 2.75) is 37.8 Å². The molecule has 1 saturated carbocycles. The van der Waals surface area contributed by atoms with Crippen LogP contribution in [-0.2, 0) is 6.54 Å². The van der Waals surface area contributed by atoms with Gasteiger partial charge in [-0.05, 0) is 44.6 Å². The van der Waals surface area contributed by atoms with E-state index in [1.165, 1.54) is 31.7 Å². The predicted molar refractivity (Wildman–Crippen MR) is 78.0 cm³/mol. The average molecular weight is 285 g/mol. The van der Waals surface area contributed by atoms with Gasteiger partial charge in [0.15, 0.2) is 0 Å². The molecule has 0 bridgehead atoms. The predicted octanol–water partition coefficient (Wildman–Crippen LogP) is 3.44. The minimum Gasteiger partial charge on any atom is -0.311 e. The molecule has 1 N–H and O–H groups in total. The number of halogens is 2. The molecule has 0 spiro atoms. The van der Waals surface area contributed by atoms with E-state index in [1.54, 1.807) is 6.07 Å². The van der Waals surface area contributed by atoms with Gasteiger partial charge in [0.1, 0.15) is 5.82 Å². The number of likely N-dealkylation sites (N-methyl/N-ethyl adjacent to an activating group) is 1. The van der Waals surface area contributed by atoms with Gasteiger partial charge in [0.25, 0.3) is 0 Å². The van der Waals surface area contributed by atoms with Crippen molar-refractivity contribution in [2.24, 2.45) is 0 Å². The standard InChI is InChI=1S/C15H22ClFN2/c1-19(2)15(7-3-4-8-15)11-18-10-12-5-6-13(16)14(17)9-12/h5-6,9,18H,3-4,7-8,10-11H2,1-2H3. The Hall–Kier alpha value is -0.640. The molecule has 0 aliphatic heterocycles. The van der Waals surface area contributed by atoms with E-state index in [0.717, 1.165) is 12.1 Å². The summed E-state index contributed by atoms with van der Waals surface area (Å²) >= 11 is 5.68. The minimum atomic E-state index is -0.343. The highest BCUT2D eigenvalue weighted by Gasteiger charge is 2.35. The zero-order valence-electron chi connectivity index (χ0n) is 11.7. The quantitative estimate of drug-likeness (QED) is 0.891. The molecular weight excluding hydrogens is 263 g/mol. The molecule has 1 fully saturated rings. The van der Waals surface area contributed by atoms with Gasteiger partial charge in [-0.25, -0.2) is 4.39 Å². The second-order valence-electron chi connectivity index (χ2n) is 5.68. The molecule has 1 aliphatic carbocycles. The Kier molecular flexibility index (Phi) is 4.82. The number of benzene rings is 1. The molecule has 0 aromatic heterocycles. The van der Waals surface area contributed by atoms with Crippen molar-refractivity contribution in [1.29, 1.82) is 0 Å². The Labute approximate surface area is 119 Å². The van der Waals surface area contributed by atoms with Gasteiger partial charge >= 0.3 is 0 Å². The molecule has 4 heteroatoms. The van der Waals surface area contributed by atoms with Crippen LogP contribution in [0.3, 0.4) is 0 Å². The molecular formula is C15H22ClFN2. The Morgan fingerprint density at radius 2 is 2.00 bits per heavy atom. The number of nitrogens with one attached hydrogen (secondary N) is 1. The number of rotatable bonds is 5. The van der Waals surface area contributed by atoms with Gasteiger partial charge in [0, 0.05) is 18.6 Å². The van der Waals surface area contributed by atoms with Gasteiger partial charge in [-0.2, -0.15) is 0 Å². The van der Waals surface area contributed by atoms with Crippen molar-refractivity contribution in [2.75, 3.05) is 20.6 Å². The number of hydrogen-bond donors (Lipinski definition) is 1. The molecule has 0 amide bonds. The van der Waals surface area contributed by atoms with Crippen molar-refractivity contribution in [1.82, 2.24) is 10.2 Å². The first-order valence-corrected chi connectivity index (χ1v) is 7.23. The van der Waals surface area contributed by atoms with Crippen molar-refractivity contribution in [3.8, 4) is 0 Å². The molecule has 0 radical (unpaired) electrons. The van der Waals surface area contributed by atoms with E-state index in [2.05, 4.69) is 24.3 Å². The molecule has 1 aromatic carbocycles. The summed E-state index contributed by atoms with van der Waals surface area (Å²) in [5.74, 6) is -0.343. The Morgan fingerprint density at radius 3 is 2.58 bits per heavy atom. The smallest absolute Gasteiger partial charge is 0.142 e. The summed E-state index contributed by atoms with van der Waals surface area (Å²) in [6, 6.07) is 4.99. The molecule has 2 nitrogen and oxygen atoms in total. The third kappa shape index (κ3) is 3.47. The highest BCUT2D eigenvalue weighted by molar-refractivity contribution is 6.30. The van der Waals surface area contributed by atoms with Gasteiger partial charge in [0.2, 0.25) is 0 Å². The number of nitrogens with zero attached hydrogens (tertiary/aromatic N) is 1. The molecule has 1 aromatic rings. The fraction of sp³-hybridized carbons (Fsp3) is 0.600. The van der Waals surface area contributed by atoms with Crippen molar-refractivity contribution in [3.05, 3.63) is 34.6 Å². The molecule has 0 unspecified atom stereocenters. The SMILES string of the molecule is CN(C)C1(CNCc2ccc(Cl)c(F)c2)CCCC1. The summed E-state index contributed by atoms with van der Waals surface area (Å²) in [6.07, 6.45) is 5.08. The summed E-state index contributed by atoms with van der Waals surface area (Å²) in [7, 11) is 4.30. The van der Waals surface area contributed by atoms with E-state index in [0.29, 0.717) is 6.54 Å². The van der Waals surface area contributed by atoms with Crippen LogP contribution >= 0.6 is 11.6 Å². The zero-order chi connectivity index (χ0) is 13.9. The van der Waals surface area contributed by atoms with E-state index < -0.39 is 0 Å². The third-order valence-electron chi connectivity index (χ3n) is 4.25. The summed E-state index contributed by atoms with van der Waals surface area (Å²) in [5, 5.41) is 3.65. The van der Waals surface area contributed by atoms with Gasteiger partial charge in [0.05, 0.1) is 5.02 Å². The van der Waals surface area contributed by atoms with Crippen LogP contribution in [-0.4, -0.2) is 31.1 Å². The van der Waals surface area contributed by atoms with Crippen LogP contribution in [0.5, 0.6) is 0 Å². The highest BCUT2D eigenvalue weighted by atomic mass is 35.5. The maximum absolute atomic E-state index is 13.3. The maximum atomic E-state index is 13.3. The van der Waals surface area contributed by atoms with Crippen LogP contribution in [0, 0.1) is 5.82 Å². The van der Waals surface area contributed by atoms with Gasteiger partial charge < -0.3 is 10.2 Å². The van der Waals surface area contributed by atoms with E-state index in [-0.39, 0.29) is 16.4 Å². The summed E-state index contributed by atoms with van der Waals surface area (Å²) < 4.78 is 13.3. The molecule has 2 rings (SSSR count). The lowest BCUT2D eigenvalue weighted by Crippen LogP contribution is -2.49. The summed E-state index contributed by atoms with van der Waals surface area (Å²) in [4.78, 5) is 2.33. The van der Waals surface area contributed by atoms with Gasteiger partial charge in [-0.15, -0.1) is 0 Å². The maximum Gasteiger partial charge on any atom is 0.142 e. The molecule has 19 heavy (non-hydrogen) atoms. The normalized spacial score (nSPS) is 18.2. The first kappa shape index (κ1) is 14.8. The van der Waals surface area contributed by atoms with E-state index in [4.69, 9.17) is 11.6 Å². The Balaban J connectivity index is 1.90. The van der Waals surface area contributed by atoms with Crippen molar-refractivity contribution < 1.29 is 4.39 Å². The lowest BCUT2D eigenvalue weighted by molar-refractivity contribution is 0.153. The van der Waals surface area contributed by atoms with Crippen LogP contribution in [0.25, 0.3) is 0 Å². The minimum absolute atomic E-state index is 0.185. The third-order valence-corrected chi connectivity index (χ3v) is 4.56. The average Bonchev–Trinajstić information content (AvgIpc) is 2.84. The van der Waals surface area contributed by atoms with Crippen molar-refractivity contribution >= 4 is 11.6 Å². The van der Waals surface area contributed by atoms with Crippen LogP contribution < -0.4 is 5.32 Å². The highest BCUT2D eigenvalue weighted by Crippen LogP contribution is 2.33. The molecule has 0 atom stereocenters. The van der Waals surface area contributed by atoms with Gasteiger partial charge in [-0.1, -0.05) is 30.5 Å². The second kappa shape index (κ2) is 6.21. The molecule has 106 valence electrons. The Bertz CT molecular complexity index is 428. The number of hydrogen-bond acceptors (Lipinski definition) is 2. The van der Waals surface area contributed by atoms with Crippen LogP contribution in [0.2, 0.25) is 5.02 Å². The largest absolute Gasteiger partial charge is 0.311 e. The topological polar surface area (TPSA) is 15.3 Å². The monoisotopic (exact) mass is 284 g/mol. The molecule has 0 saturated heterocycles. The second-order valence-corrected chi connectivity index (χ2v) is 6.09.